The largest absolute Gasteiger partial charge is 0.457 e. The lowest BCUT2D eigenvalue weighted by Gasteiger charge is -2.31. The maximum absolute atomic E-state index is 11.8. The third-order valence-corrected chi connectivity index (χ3v) is 7.67. The monoisotopic (exact) mass is 489 g/mol. The van der Waals surface area contributed by atoms with E-state index in [1.807, 2.05) is 54.6 Å². The molecule has 2 heterocycles. The average Bonchev–Trinajstić information content (AvgIpc) is 3.26. The minimum Gasteiger partial charge on any atom is -0.457 e. The van der Waals surface area contributed by atoms with Gasteiger partial charge in [0.15, 0.2) is 0 Å². The molecule has 5 rings (SSSR count). The molecule has 0 radical (unpaired) electrons. The van der Waals surface area contributed by atoms with Crippen molar-refractivity contribution in [2.45, 2.75) is 37.8 Å². The van der Waals surface area contributed by atoms with Gasteiger partial charge in [0.25, 0.3) is 0 Å². The SMILES string of the molecule is C=CS(=O)(=O)NC1CCC(C2N=C(c3ccc(Oc4ccccc4)cc3)c3c(N)ncnc32)CC1. The Labute approximate surface area is 205 Å². The van der Waals surface area contributed by atoms with E-state index in [0.717, 1.165) is 65.1 Å². The van der Waals surface area contributed by atoms with Crippen LogP contribution in [0.1, 0.15) is 48.5 Å². The highest BCUT2D eigenvalue weighted by molar-refractivity contribution is 7.92. The molecular formula is C26H27N5O3S. The van der Waals surface area contributed by atoms with Crippen LogP contribution in [0.25, 0.3) is 0 Å². The number of fused-ring (bicyclic) bond motifs is 1. The number of nitrogens with zero attached hydrogens (tertiary/aromatic N) is 3. The van der Waals surface area contributed by atoms with Crippen molar-refractivity contribution in [3.63, 3.8) is 0 Å². The summed E-state index contributed by atoms with van der Waals surface area (Å²) in [6, 6.07) is 17.2. The standard InChI is InChI=1S/C26H27N5O3S/c1-2-35(32,33)31-19-12-8-18(9-13-19)24-25-22(26(27)29-16-28-25)23(30-24)17-10-14-21(15-11-17)34-20-6-4-3-5-7-20/h2-7,10-11,14-16,18-19,24,31H,1,8-9,12-13H2,(H2,27,28,29). The van der Waals surface area contributed by atoms with E-state index in [-0.39, 0.29) is 18.0 Å². The second kappa shape index (κ2) is 9.59. The number of ether oxygens (including phenoxy) is 1. The highest BCUT2D eigenvalue weighted by atomic mass is 32.2. The molecule has 0 amide bonds. The molecule has 9 heteroatoms. The van der Waals surface area contributed by atoms with Gasteiger partial charge in [-0.15, -0.1) is 0 Å². The van der Waals surface area contributed by atoms with Crippen LogP contribution >= 0.6 is 0 Å². The lowest BCUT2D eigenvalue weighted by Crippen LogP contribution is -2.37. The molecule has 1 fully saturated rings. The number of aliphatic imine (C=N–C) groups is 1. The topological polar surface area (TPSA) is 120 Å². The average molecular weight is 490 g/mol. The number of hydrogen-bond donors (Lipinski definition) is 2. The summed E-state index contributed by atoms with van der Waals surface area (Å²) in [6.07, 6.45) is 4.62. The van der Waals surface area contributed by atoms with Gasteiger partial charge in [0, 0.05) is 17.0 Å². The second-order valence-corrected chi connectivity index (χ2v) is 10.5. The molecule has 0 bridgehead atoms. The summed E-state index contributed by atoms with van der Waals surface area (Å²) < 4.78 is 32.3. The van der Waals surface area contributed by atoms with Gasteiger partial charge >= 0.3 is 0 Å². The Morgan fingerprint density at radius 2 is 1.66 bits per heavy atom. The van der Waals surface area contributed by atoms with Gasteiger partial charge in [-0.3, -0.25) is 4.99 Å². The molecule has 1 atom stereocenters. The summed E-state index contributed by atoms with van der Waals surface area (Å²) in [5.74, 6) is 2.15. The Morgan fingerprint density at radius 3 is 2.34 bits per heavy atom. The van der Waals surface area contributed by atoms with Crippen molar-refractivity contribution >= 4 is 21.6 Å². The van der Waals surface area contributed by atoms with E-state index in [2.05, 4.69) is 21.3 Å². The molecule has 0 spiro atoms. The van der Waals surface area contributed by atoms with Gasteiger partial charge in [-0.2, -0.15) is 0 Å². The lowest BCUT2D eigenvalue weighted by molar-refractivity contribution is 0.276. The number of anilines is 1. The summed E-state index contributed by atoms with van der Waals surface area (Å²) in [7, 11) is -3.44. The van der Waals surface area contributed by atoms with Crippen LogP contribution in [-0.4, -0.2) is 30.1 Å². The third kappa shape index (κ3) is 4.96. The molecule has 180 valence electrons. The first-order valence-corrected chi connectivity index (χ1v) is 13.1. The van der Waals surface area contributed by atoms with Crippen molar-refractivity contribution < 1.29 is 13.2 Å². The van der Waals surface area contributed by atoms with Crippen molar-refractivity contribution in [2.24, 2.45) is 10.9 Å². The number of benzene rings is 2. The first-order valence-electron chi connectivity index (χ1n) is 11.6. The highest BCUT2D eigenvalue weighted by Crippen LogP contribution is 2.43. The van der Waals surface area contributed by atoms with Gasteiger partial charge in [0.05, 0.1) is 23.0 Å². The van der Waals surface area contributed by atoms with Crippen molar-refractivity contribution in [2.75, 3.05) is 5.73 Å². The smallest absolute Gasteiger partial charge is 0.233 e. The molecule has 1 saturated carbocycles. The minimum absolute atomic E-state index is 0.0915. The van der Waals surface area contributed by atoms with E-state index in [1.54, 1.807) is 0 Å². The summed E-state index contributed by atoms with van der Waals surface area (Å²) in [5.41, 5.74) is 9.61. The molecule has 1 aliphatic heterocycles. The maximum Gasteiger partial charge on any atom is 0.233 e. The number of para-hydroxylation sites is 1. The number of aromatic nitrogens is 2. The summed E-state index contributed by atoms with van der Waals surface area (Å²) in [4.78, 5) is 13.9. The molecule has 35 heavy (non-hydrogen) atoms. The number of nitrogens with one attached hydrogen (secondary N) is 1. The van der Waals surface area contributed by atoms with Gasteiger partial charge in [0.1, 0.15) is 23.6 Å². The molecule has 1 aliphatic carbocycles. The third-order valence-electron chi connectivity index (χ3n) is 6.57. The van der Waals surface area contributed by atoms with Crippen LogP contribution in [0.5, 0.6) is 11.5 Å². The number of hydrogen-bond acceptors (Lipinski definition) is 7. The first kappa shape index (κ1) is 23.2. The van der Waals surface area contributed by atoms with Crippen LogP contribution in [0.15, 0.2) is 77.9 Å². The Morgan fingerprint density at radius 1 is 0.971 bits per heavy atom. The zero-order chi connectivity index (χ0) is 24.4. The molecule has 8 nitrogen and oxygen atoms in total. The fourth-order valence-electron chi connectivity index (χ4n) is 4.83. The highest BCUT2D eigenvalue weighted by Gasteiger charge is 2.37. The molecule has 2 aliphatic rings. The predicted octanol–water partition coefficient (Wildman–Crippen LogP) is 4.36. The van der Waals surface area contributed by atoms with Crippen LogP contribution < -0.4 is 15.2 Å². The molecular weight excluding hydrogens is 462 g/mol. The minimum atomic E-state index is -3.44. The quantitative estimate of drug-likeness (QED) is 0.509. The molecule has 1 unspecified atom stereocenters. The van der Waals surface area contributed by atoms with E-state index in [0.29, 0.717) is 5.82 Å². The Hall–Kier alpha value is -3.56. The van der Waals surface area contributed by atoms with E-state index in [1.165, 1.54) is 6.33 Å². The lowest BCUT2D eigenvalue weighted by atomic mass is 9.81. The van der Waals surface area contributed by atoms with Crippen molar-refractivity contribution in [3.05, 3.63) is 89.7 Å². The normalized spacial score (nSPS) is 21.7. The summed E-state index contributed by atoms with van der Waals surface area (Å²) in [6.45, 7) is 3.37. The summed E-state index contributed by atoms with van der Waals surface area (Å²) >= 11 is 0. The maximum atomic E-state index is 11.8. The van der Waals surface area contributed by atoms with Gasteiger partial charge in [-0.1, -0.05) is 24.8 Å². The Bertz CT molecular complexity index is 1350. The fraction of sp³-hybridized carbons (Fsp3) is 0.269. The fourth-order valence-corrected chi connectivity index (χ4v) is 5.63. The number of nitrogens with two attached hydrogens (primary N) is 1. The van der Waals surface area contributed by atoms with Crippen LogP contribution in [0.4, 0.5) is 5.82 Å². The predicted molar refractivity (Wildman–Crippen MR) is 136 cm³/mol. The van der Waals surface area contributed by atoms with E-state index < -0.39 is 10.0 Å². The van der Waals surface area contributed by atoms with Crippen LogP contribution in [-0.2, 0) is 10.0 Å². The molecule has 0 saturated heterocycles. The molecule has 2 aromatic carbocycles. The molecule has 3 aromatic rings. The second-order valence-electron chi connectivity index (χ2n) is 8.82. The first-order chi connectivity index (χ1) is 16.9. The van der Waals surface area contributed by atoms with Crippen molar-refractivity contribution in [3.8, 4) is 11.5 Å². The van der Waals surface area contributed by atoms with Crippen LogP contribution in [0.3, 0.4) is 0 Å². The van der Waals surface area contributed by atoms with E-state index in [4.69, 9.17) is 15.5 Å². The van der Waals surface area contributed by atoms with Gasteiger partial charge in [-0.05, 0) is 68.0 Å². The van der Waals surface area contributed by atoms with E-state index >= 15 is 0 Å². The van der Waals surface area contributed by atoms with Crippen molar-refractivity contribution in [1.82, 2.24) is 14.7 Å². The molecule has 1 aromatic heterocycles. The number of sulfonamides is 1. The van der Waals surface area contributed by atoms with Crippen LogP contribution in [0.2, 0.25) is 0 Å². The van der Waals surface area contributed by atoms with Gasteiger partial charge in [-0.25, -0.2) is 23.1 Å². The van der Waals surface area contributed by atoms with Crippen LogP contribution in [0, 0.1) is 5.92 Å². The zero-order valence-corrected chi connectivity index (χ0v) is 20.0. The molecule has 3 N–H and O–H groups in total. The zero-order valence-electron chi connectivity index (χ0n) is 19.2. The van der Waals surface area contributed by atoms with Gasteiger partial charge in [0.2, 0.25) is 10.0 Å². The number of nitrogen functional groups attached to an aromatic ring is 1. The van der Waals surface area contributed by atoms with Gasteiger partial charge < -0.3 is 10.5 Å². The van der Waals surface area contributed by atoms with Crippen molar-refractivity contribution in [1.29, 1.82) is 0 Å². The summed E-state index contributed by atoms with van der Waals surface area (Å²) in [5, 5.41) is 0.957. The number of rotatable bonds is 7. The Kier molecular flexibility index (Phi) is 6.36. The Balaban J connectivity index is 1.37. The van der Waals surface area contributed by atoms with E-state index in [9.17, 15) is 8.42 Å².